The van der Waals surface area contributed by atoms with Crippen LogP contribution >= 0.6 is 0 Å². The number of hydrogen-bond donors (Lipinski definition) is 1. The Morgan fingerprint density at radius 1 is 1.35 bits per heavy atom. The van der Waals surface area contributed by atoms with Crippen LogP contribution in [0.1, 0.15) is 39.2 Å². The van der Waals surface area contributed by atoms with Crippen molar-refractivity contribution in [2.45, 2.75) is 39.2 Å². The summed E-state index contributed by atoms with van der Waals surface area (Å²) in [7, 11) is 1.61. The zero-order chi connectivity index (χ0) is 22.2. The predicted molar refractivity (Wildman–Crippen MR) is 122 cm³/mol. The molecule has 1 N–H and O–H groups in total. The monoisotopic (exact) mass is 425 g/mol. The second-order valence-corrected chi connectivity index (χ2v) is 9.11. The Kier molecular flexibility index (Phi) is 5.80. The van der Waals surface area contributed by atoms with E-state index in [4.69, 9.17) is 11.3 Å². The van der Waals surface area contributed by atoms with Crippen molar-refractivity contribution in [2.75, 3.05) is 51.3 Å². The second kappa shape index (κ2) is 8.39. The van der Waals surface area contributed by atoms with Crippen molar-refractivity contribution in [2.24, 2.45) is 5.41 Å². The molecular formula is C23H31N5O3. The average Bonchev–Trinajstić information content (AvgIpc) is 3.51. The molecule has 1 atom stereocenters. The van der Waals surface area contributed by atoms with E-state index in [1.54, 1.807) is 11.7 Å². The summed E-state index contributed by atoms with van der Waals surface area (Å²) in [6.45, 7) is 16.4. The van der Waals surface area contributed by atoms with Crippen LogP contribution in [-0.2, 0) is 0 Å². The molecule has 1 unspecified atom stereocenters. The van der Waals surface area contributed by atoms with Crippen LogP contribution < -0.4 is 20.9 Å². The standard InChI is InChI=1S/C23H31N5O3/c1-5-26(13-11-24-3)14-23(2)10-12-27(15-23)18-9-8-17-19(20(18)31-4)28(16-6-7-16)22(30)25-21(17)29/h8-9,16H,5-7,10-15H2,1-2,4H3,(H,25,29,30). The van der Waals surface area contributed by atoms with E-state index in [2.05, 4.69) is 33.5 Å². The normalized spacial score (nSPS) is 21.1. The number of nitrogens with zero attached hydrogens (tertiary/aromatic N) is 4. The van der Waals surface area contributed by atoms with Gasteiger partial charge in [-0.05, 0) is 43.4 Å². The van der Waals surface area contributed by atoms with Crippen LogP contribution in [0.4, 0.5) is 5.69 Å². The molecule has 0 bridgehead atoms. The van der Waals surface area contributed by atoms with E-state index in [-0.39, 0.29) is 22.7 Å². The summed E-state index contributed by atoms with van der Waals surface area (Å²) >= 11 is 0. The molecule has 1 aliphatic carbocycles. The number of aromatic nitrogens is 2. The quantitative estimate of drug-likeness (QED) is 0.658. The molecule has 2 aliphatic rings. The first-order chi connectivity index (χ1) is 14.9. The first kappa shape index (κ1) is 21.4. The smallest absolute Gasteiger partial charge is 0.329 e. The lowest BCUT2D eigenvalue weighted by Crippen LogP contribution is -2.39. The van der Waals surface area contributed by atoms with E-state index in [0.29, 0.717) is 23.2 Å². The molecule has 166 valence electrons. The molecule has 1 saturated carbocycles. The molecule has 2 heterocycles. The van der Waals surface area contributed by atoms with Crippen molar-refractivity contribution in [3.8, 4) is 5.75 Å². The van der Waals surface area contributed by atoms with Gasteiger partial charge in [0.15, 0.2) is 5.75 Å². The first-order valence-corrected chi connectivity index (χ1v) is 11.1. The highest BCUT2D eigenvalue weighted by Gasteiger charge is 2.37. The second-order valence-electron chi connectivity index (χ2n) is 9.11. The molecule has 1 aliphatic heterocycles. The van der Waals surface area contributed by atoms with E-state index in [0.717, 1.165) is 57.7 Å². The number of nitrogens with one attached hydrogen (secondary N) is 1. The Labute approximate surface area is 182 Å². The number of aromatic amines is 1. The Morgan fingerprint density at radius 3 is 2.77 bits per heavy atom. The van der Waals surface area contributed by atoms with Crippen molar-refractivity contribution in [3.63, 3.8) is 0 Å². The maximum absolute atomic E-state index is 12.6. The van der Waals surface area contributed by atoms with Crippen LogP contribution in [0.5, 0.6) is 5.75 Å². The first-order valence-electron chi connectivity index (χ1n) is 11.1. The number of hydrogen-bond acceptors (Lipinski definition) is 5. The van der Waals surface area contributed by atoms with Gasteiger partial charge in [-0.2, -0.15) is 0 Å². The fourth-order valence-corrected chi connectivity index (χ4v) is 4.88. The molecule has 0 radical (unpaired) electrons. The SMILES string of the molecule is [C-]#[N+]CCN(CC)CC1(C)CCN(c2ccc3c(=O)[nH]c(=O)n(C4CC4)c3c2OC)C1. The molecule has 1 saturated heterocycles. The molecule has 4 rings (SSSR count). The van der Waals surface area contributed by atoms with Crippen molar-refractivity contribution >= 4 is 16.6 Å². The molecule has 0 spiro atoms. The van der Waals surface area contributed by atoms with Crippen molar-refractivity contribution in [1.82, 2.24) is 14.5 Å². The van der Waals surface area contributed by atoms with Crippen LogP contribution in [0, 0.1) is 12.0 Å². The molecule has 2 aromatic rings. The van der Waals surface area contributed by atoms with E-state index in [1.165, 1.54) is 0 Å². The van der Waals surface area contributed by atoms with E-state index >= 15 is 0 Å². The third-order valence-corrected chi connectivity index (χ3v) is 6.63. The van der Waals surface area contributed by atoms with Crippen LogP contribution in [-0.4, -0.2) is 60.8 Å². The Morgan fingerprint density at radius 2 is 2.13 bits per heavy atom. The zero-order valence-electron chi connectivity index (χ0n) is 18.6. The van der Waals surface area contributed by atoms with Gasteiger partial charge in [0.25, 0.3) is 5.56 Å². The zero-order valence-corrected chi connectivity index (χ0v) is 18.6. The summed E-state index contributed by atoms with van der Waals surface area (Å²) in [6.07, 6.45) is 2.91. The predicted octanol–water partition coefficient (Wildman–Crippen LogP) is 2.49. The van der Waals surface area contributed by atoms with Crippen LogP contribution in [0.15, 0.2) is 21.7 Å². The fraction of sp³-hybridized carbons (Fsp3) is 0.609. The van der Waals surface area contributed by atoms with Gasteiger partial charge in [0, 0.05) is 25.7 Å². The van der Waals surface area contributed by atoms with Crippen molar-refractivity contribution in [3.05, 3.63) is 44.4 Å². The van der Waals surface area contributed by atoms with Crippen LogP contribution in [0.2, 0.25) is 0 Å². The minimum atomic E-state index is -0.369. The van der Waals surface area contributed by atoms with Gasteiger partial charge in [0.2, 0.25) is 6.54 Å². The lowest BCUT2D eigenvalue weighted by atomic mass is 9.89. The Bertz CT molecular complexity index is 1130. The van der Waals surface area contributed by atoms with Gasteiger partial charge in [0.05, 0.1) is 24.7 Å². The Balaban J connectivity index is 1.69. The van der Waals surface area contributed by atoms with Crippen molar-refractivity contribution in [1.29, 1.82) is 0 Å². The number of ether oxygens (including phenoxy) is 1. The van der Waals surface area contributed by atoms with Gasteiger partial charge < -0.3 is 14.5 Å². The van der Waals surface area contributed by atoms with Crippen LogP contribution in [0.3, 0.4) is 0 Å². The minimum Gasteiger partial charge on any atom is -0.492 e. The number of benzene rings is 1. The summed E-state index contributed by atoms with van der Waals surface area (Å²) in [5.74, 6) is 0.609. The van der Waals surface area contributed by atoms with Gasteiger partial charge >= 0.3 is 5.69 Å². The molecule has 8 nitrogen and oxygen atoms in total. The van der Waals surface area contributed by atoms with E-state index in [1.807, 2.05) is 12.1 Å². The maximum atomic E-state index is 12.6. The Hall–Kier alpha value is -2.79. The average molecular weight is 426 g/mol. The largest absolute Gasteiger partial charge is 0.492 e. The molecule has 1 aromatic carbocycles. The molecule has 31 heavy (non-hydrogen) atoms. The van der Waals surface area contributed by atoms with Gasteiger partial charge in [-0.3, -0.25) is 19.2 Å². The van der Waals surface area contributed by atoms with Gasteiger partial charge in [-0.1, -0.05) is 13.8 Å². The molecule has 2 fully saturated rings. The third kappa shape index (κ3) is 4.07. The van der Waals surface area contributed by atoms with E-state index in [9.17, 15) is 9.59 Å². The number of rotatable bonds is 8. The number of anilines is 1. The summed E-state index contributed by atoms with van der Waals surface area (Å²) in [4.78, 5) is 35.7. The van der Waals surface area contributed by atoms with Gasteiger partial charge in [0.1, 0.15) is 5.52 Å². The van der Waals surface area contributed by atoms with E-state index < -0.39 is 0 Å². The third-order valence-electron chi connectivity index (χ3n) is 6.63. The van der Waals surface area contributed by atoms with Crippen LogP contribution in [0.25, 0.3) is 15.7 Å². The lowest BCUT2D eigenvalue weighted by Gasteiger charge is -2.31. The molecule has 1 aromatic heterocycles. The highest BCUT2D eigenvalue weighted by atomic mass is 16.5. The van der Waals surface area contributed by atoms with Crippen molar-refractivity contribution < 1.29 is 4.74 Å². The number of likely N-dealkylation sites (N-methyl/N-ethyl adjacent to an activating group) is 1. The fourth-order valence-electron chi connectivity index (χ4n) is 4.88. The summed E-state index contributed by atoms with van der Waals surface area (Å²) < 4.78 is 7.53. The molecule has 0 amide bonds. The lowest BCUT2D eigenvalue weighted by molar-refractivity contribution is 0.192. The topological polar surface area (TPSA) is 74.9 Å². The number of H-pyrrole nitrogens is 1. The summed E-state index contributed by atoms with van der Waals surface area (Å²) in [6, 6.07) is 3.88. The maximum Gasteiger partial charge on any atom is 0.329 e. The highest BCUT2D eigenvalue weighted by molar-refractivity contribution is 5.90. The molecular weight excluding hydrogens is 394 g/mol. The number of methoxy groups -OCH3 is 1. The highest BCUT2D eigenvalue weighted by Crippen LogP contribution is 2.43. The van der Waals surface area contributed by atoms with Gasteiger partial charge in [-0.15, -0.1) is 0 Å². The minimum absolute atomic E-state index is 0.0995. The number of fused-ring (bicyclic) bond motifs is 1. The summed E-state index contributed by atoms with van der Waals surface area (Å²) in [5.41, 5.74) is 0.911. The molecule has 8 heteroatoms. The van der Waals surface area contributed by atoms with Gasteiger partial charge in [-0.25, -0.2) is 11.4 Å². The summed E-state index contributed by atoms with van der Waals surface area (Å²) in [5, 5.41) is 0.491.